The molecule has 2 rings (SSSR count). The molecule has 0 heterocycles. The fraction of sp³-hybridized carbons (Fsp3) is 0.571. The van der Waals surface area contributed by atoms with Crippen LogP contribution >= 0.6 is 0 Å². The van der Waals surface area contributed by atoms with Crippen LogP contribution in [0.5, 0.6) is 0 Å². The van der Waals surface area contributed by atoms with Gasteiger partial charge < -0.3 is 10.1 Å². The first-order chi connectivity index (χ1) is 7.69. The number of nitrogens with one attached hydrogen (secondary N) is 1. The quantitative estimate of drug-likeness (QED) is 0.840. The molecule has 1 N–H and O–H groups in total. The maximum atomic E-state index is 5.28. The topological polar surface area (TPSA) is 21.3 Å². The summed E-state index contributed by atoms with van der Waals surface area (Å²) in [6, 6.07) is 9.82. The van der Waals surface area contributed by atoms with Gasteiger partial charge in [-0.2, -0.15) is 0 Å². The van der Waals surface area contributed by atoms with Crippen LogP contribution in [0.4, 0.5) is 0 Å². The normalized spacial score (nSPS) is 26.2. The minimum atomic E-state index is 0.434. The highest BCUT2D eigenvalue weighted by atomic mass is 16.5. The van der Waals surface area contributed by atoms with E-state index in [9.17, 15) is 0 Å². The van der Waals surface area contributed by atoms with Crippen LogP contribution < -0.4 is 5.32 Å². The van der Waals surface area contributed by atoms with Crippen molar-refractivity contribution in [3.05, 3.63) is 35.4 Å². The molecule has 0 bridgehead atoms. The van der Waals surface area contributed by atoms with E-state index in [-0.39, 0.29) is 0 Å². The predicted molar refractivity (Wildman–Crippen MR) is 66.5 cm³/mol. The van der Waals surface area contributed by atoms with Gasteiger partial charge in [0.2, 0.25) is 0 Å². The minimum absolute atomic E-state index is 0.434. The van der Waals surface area contributed by atoms with Crippen molar-refractivity contribution >= 4 is 0 Å². The molecule has 0 aromatic heterocycles. The summed E-state index contributed by atoms with van der Waals surface area (Å²) in [5.74, 6) is 0. The molecule has 1 fully saturated rings. The zero-order valence-corrected chi connectivity index (χ0v) is 10.4. The van der Waals surface area contributed by atoms with E-state index in [1.807, 2.05) is 0 Å². The van der Waals surface area contributed by atoms with Crippen LogP contribution in [-0.2, 0) is 4.74 Å². The molecule has 2 heteroatoms. The van der Waals surface area contributed by atoms with E-state index in [4.69, 9.17) is 4.74 Å². The summed E-state index contributed by atoms with van der Waals surface area (Å²) in [5, 5.41) is 3.64. The lowest BCUT2D eigenvalue weighted by Crippen LogP contribution is -2.45. The first kappa shape index (κ1) is 11.6. The Hall–Kier alpha value is -0.860. The van der Waals surface area contributed by atoms with Gasteiger partial charge in [-0.1, -0.05) is 29.8 Å². The van der Waals surface area contributed by atoms with Crippen LogP contribution in [0.25, 0.3) is 0 Å². The molecule has 0 unspecified atom stereocenters. The van der Waals surface area contributed by atoms with Gasteiger partial charge in [-0.3, -0.25) is 0 Å². The average molecular weight is 219 g/mol. The zero-order valence-electron chi connectivity index (χ0n) is 10.4. The highest BCUT2D eigenvalue weighted by Crippen LogP contribution is 2.25. The van der Waals surface area contributed by atoms with Gasteiger partial charge in [0.15, 0.2) is 0 Å². The number of benzene rings is 1. The van der Waals surface area contributed by atoms with Crippen molar-refractivity contribution in [2.75, 3.05) is 7.11 Å². The molecule has 0 radical (unpaired) electrons. The molecular formula is C14H21NO. The molecule has 1 aromatic rings. The smallest absolute Gasteiger partial charge is 0.0601 e. The highest BCUT2D eigenvalue weighted by molar-refractivity contribution is 5.23. The summed E-state index contributed by atoms with van der Waals surface area (Å²) < 4.78 is 5.28. The van der Waals surface area contributed by atoms with Crippen molar-refractivity contribution in [3.63, 3.8) is 0 Å². The predicted octanol–water partition coefficient (Wildman–Crippen LogP) is 2.82. The molecule has 1 saturated carbocycles. The highest BCUT2D eigenvalue weighted by Gasteiger charge is 2.29. The Bertz CT molecular complexity index is 327. The third-order valence-electron chi connectivity index (χ3n) is 3.49. The van der Waals surface area contributed by atoms with E-state index in [1.165, 1.54) is 11.1 Å². The average Bonchev–Trinajstić information content (AvgIpc) is 2.23. The van der Waals surface area contributed by atoms with Crippen molar-refractivity contribution in [3.8, 4) is 0 Å². The first-order valence-corrected chi connectivity index (χ1v) is 6.04. The Morgan fingerprint density at radius 2 is 1.88 bits per heavy atom. The van der Waals surface area contributed by atoms with Crippen LogP contribution in [-0.4, -0.2) is 19.3 Å². The third kappa shape index (κ3) is 2.63. The van der Waals surface area contributed by atoms with E-state index in [0.29, 0.717) is 18.2 Å². The zero-order chi connectivity index (χ0) is 11.5. The van der Waals surface area contributed by atoms with Gasteiger partial charge in [0.25, 0.3) is 0 Å². The SMILES string of the molecule is COC1CC(N[C@@H](C)c2ccc(C)cc2)C1. The van der Waals surface area contributed by atoms with Crippen LogP contribution in [0.1, 0.15) is 36.9 Å². The van der Waals surface area contributed by atoms with Crippen molar-refractivity contribution in [1.29, 1.82) is 0 Å². The Balaban J connectivity index is 1.84. The van der Waals surface area contributed by atoms with E-state index >= 15 is 0 Å². The van der Waals surface area contributed by atoms with Gasteiger partial charge in [-0.15, -0.1) is 0 Å². The van der Waals surface area contributed by atoms with E-state index in [2.05, 4.69) is 43.4 Å². The standard InChI is InChI=1S/C14H21NO/c1-10-4-6-12(7-5-10)11(2)15-13-8-14(9-13)16-3/h4-7,11,13-15H,8-9H2,1-3H3/t11-,13?,14?/m0/s1. The summed E-state index contributed by atoms with van der Waals surface area (Å²) in [4.78, 5) is 0. The Labute approximate surface area is 98.0 Å². The third-order valence-corrected chi connectivity index (χ3v) is 3.49. The maximum absolute atomic E-state index is 5.28. The number of methoxy groups -OCH3 is 1. The van der Waals surface area contributed by atoms with E-state index in [0.717, 1.165) is 12.8 Å². The summed E-state index contributed by atoms with van der Waals surface area (Å²) in [6.45, 7) is 4.35. The largest absolute Gasteiger partial charge is 0.381 e. The molecular weight excluding hydrogens is 198 g/mol. The van der Waals surface area contributed by atoms with Gasteiger partial charge in [0, 0.05) is 19.2 Å². The molecule has 1 aliphatic carbocycles. The second-order valence-electron chi connectivity index (χ2n) is 4.83. The van der Waals surface area contributed by atoms with Crippen LogP contribution in [0.2, 0.25) is 0 Å². The molecule has 88 valence electrons. The van der Waals surface area contributed by atoms with Crippen molar-refractivity contribution < 1.29 is 4.74 Å². The van der Waals surface area contributed by atoms with E-state index in [1.54, 1.807) is 7.11 Å². The number of ether oxygens (including phenoxy) is 1. The van der Waals surface area contributed by atoms with Gasteiger partial charge in [-0.25, -0.2) is 0 Å². The van der Waals surface area contributed by atoms with Crippen LogP contribution in [0.3, 0.4) is 0 Å². The van der Waals surface area contributed by atoms with E-state index < -0.39 is 0 Å². The van der Waals surface area contributed by atoms with Gasteiger partial charge >= 0.3 is 0 Å². The monoisotopic (exact) mass is 219 g/mol. The molecule has 1 aliphatic rings. The van der Waals surface area contributed by atoms with Crippen molar-refractivity contribution in [2.24, 2.45) is 0 Å². The van der Waals surface area contributed by atoms with Gasteiger partial charge in [0.05, 0.1) is 6.10 Å². The van der Waals surface area contributed by atoms with Crippen molar-refractivity contribution in [1.82, 2.24) is 5.32 Å². The second kappa shape index (κ2) is 4.98. The first-order valence-electron chi connectivity index (χ1n) is 6.04. The molecule has 0 spiro atoms. The van der Waals surface area contributed by atoms with Gasteiger partial charge in [-0.05, 0) is 32.3 Å². The number of hydrogen-bond acceptors (Lipinski definition) is 2. The van der Waals surface area contributed by atoms with Crippen LogP contribution in [0.15, 0.2) is 24.3 Å². The minimum Gasteiger partial charge on any atom is -0.381 e. The number of hydrogen-bond donors (Lipinski definition) is 1. The summed E-state index contributed by atoms with van der Waals surface area (Å²) in [6.07, 6.45) is 2.77. The maximum Gasteiger partial charge on any atom is 0.0601 e. The van der Waals surface area contributed by atoms with Gasteiger partial charge in [0.1, 0.15) is 0 Å². The fourth-order valence-corrected chi connectivity index (χ4v) is 2.20. The number of rotatable bonds is 4. The molecule has 0 aliphatic heterocycles. The summed E-state index contributed by atoms with van der Waals surface area (Å²) in [7, 11) is 1.80. The lowest BCUT2D eigenvalue weighted by molar-refractivity contribution is 0.0147. The Morgan fingerprint density at radius 3 is 2.44 bits per heavy atom. The molecule has 1 aromatic carbocycles. The summed E-state index contributed by atoms with van der Waals surface area (Å²) in [5.41, 5.74) is 2.69. The molecule has 1 atom stereocenters. The lowest BCUT2D eigenvalue weighted by Gasteiger charge is -2.36. The molecule has 16 heavy (non-hydrogen) atoms. The van der Waals surface area contributed by atoms with Crippen molar-refractivity contribution in [2.45, 2.75) is 44.9 Å². The fourth-order valence-electron chi connectivity index (χ4n) is 2.20. The summed E-state index contributed by atoms with van der Waals surface area (Å²) >= 11 is 0. The molecule has 0 amide bonds. The molecule has 2 nitrogen and oxygen atoms in total. The lowest BCUT2D eigenvalue weighted by atomic mass is 9.88. The van der Waals surface area contributed by atoms with Crippen LogP contribution in [0, 0.1) is 6.92 Å². The second-order valence-corrected chi connectivity index (χ2v) is 4.83. The number of aryl methyl sites for hydroxylation is 1. The Morgan fingerprint density at radius 1 is 1.25 bits per heavy atom. The Kier molecular flexibility index (Phi) is 3.62. The molecule has 0 saturated heterocycles.